The van der Waals surface area contributed by atoms with Crippen LogP contribution in [0, 0.1) is 5.92 Å². The van der Waals surface area contributed by atoms with E-state index in [0.717, 1.165) is 31.7 Å². The van der Waals surface area contributed by atoms with Gasteiger partial charge in [-0.1, -0.05) is 27.2 Å². The molecule has 1 aromatic rings. The van der Waals surface area contributed by atoms with Gasteiger partial charge in [-0.3, -0.25) is 0 Å². The number of aryl methyl sites for hydroxylation is 1. The summed E-state index contributed by atoms with van der Waals surface area (Å²) in [5.74, 6) is 1.83. The zero-order valence-corrected chi connectivity index (χ0v) is 16.0. The van der Waals surface area contributed by atoms with Gasteiger partial charge in [-0.25, -0.2) is 4.98 Å². The largest absolute Gasteiger partial charge is 0.348 e. The van der Waals surface area contributed by atoms with Gasteiger partial charge in [0.15, 0.2) is 5.13 Å². The minimum absolute atomic E-state index is 0.525. The van der Waals surface area contributed by atoms with Crippen molar-refractivity contribution < 1.29 is 0 Å². The van der Waals surface area contributed by atoms with Gasteiger partial charge in [-0.2, -0.15) is 11.8 Å². The predicted octanol–water partition coefficient (Wildman–Crippen LogP) is 4.03. The van der Waals surface area contributed by atoms with E-state index in [9.17, 15) is 0 Å². The second-order valence-corrected chi connectivity index (χ2v) is 8.03. The normalized spacial score (nSPS) is 12.9. The third-order valence-corrected chi connectivity index (χ3v) is 5.47. The van der Waals surface area contributed by atoms with Crippen LogP contribution in [0.5, 0.6) is 0 Å². The van der Waals surface area contributed by atoms with Gasteiger partial charge in [-0.05, 0) is 32.1 Å². The molecule has 0 amide bonds. The van der Waals surface area contributed by atoms with E-state index in [2.05, 4.69) is 51.2 Å². The fraction of sp³-hybridized carbons (Fsp3) is 0.812. The van der Waals surface area contributed by atoms with E-state index in [1.54, 1.807) is 0 Å². The highest BCUT2D eigenvalue weighted by atomic mass is 32.2. The third kappa shape index (κ3) is 6.17. The number of nitrogens with zero attached hydrogens (tertiary/aromatic N) is 2. The maximum Gasteiger partial charge on any atom is 0.185 e. The molecular formula is C16H31N3S2. The lowest BCUT2D eigenvalue weighted by Gasteiger charge is -2.23. The minimum atomic E-state index is 0.525. The molecule has 1 N–H and O–H groups in total. The Bertz CT molecular complexity index is 404. The van der Waals surface area contributed by atoms with Crippen LogP contribution in [0.2, 0.25) is 0 Å². The maximum absolute atomic E-state index is 4.90. The number of aromatic nitrogens is 1. The first-order chi connectivity index (χ1) is 9.99. The third-order valence-electron chi connectivity index (χ3n) is 3.46. The Balaban J connectivity index is 2.77. The Morgan fingerprint density at radius 3 is 2.62 bits per heavy atom. The summed E-state index contributed by atoms with van der Waals surface area (Å²) >= 11 is 3.75. The Hall–Kier alpha value is -0.260. The molecule has 0 radical (unpaired) electrons. The Morgan fingerprint density at radius 1 is 1.33 bits per heavy atom. The number of nitrogens with one attached hydrogen (secondary N) is 1. The van der Waals surface area contributed by atoms with Crippen LogP contribution in [0.4, 0.5) is 5.13 Å². The Kier molecular flexibility index (Phi) is 8.67. The zero-order valence-electron chi connectivity index (χ0n) is 14.4. The summed E-state index contributed by atoms with van der Waals surface area (Å²) in [6.07, 6.45) is 4.40. The summed E-state index contributed by atoms with van der Waals surface area (Å²) in [6, 6.07) is 0.525. The summed E-state index contributed by atoms with van der Waals surface area (Å²) in [7, 11) is 2.17. The number of thioether (sulfide) groups is 1. The quantitative estimate of drug-likeness (QED) is 0.701. The van der Waals surface area contributed by atoms with Crippen LogP contribution < -0.4 is 10.2 Å². The summed E-state index contributed by atoms with van der Waals surface area (Å²) in [5, 5.41) is 4.72. The first kappa shape index (κ1) is 18.8. The van der Waals surface area contributed by atoms with Gasteiger partial charge in [0.1, 0.15) is 0 Å². The van der Waals surface area contributed by atoms with Gasteiger partial charge in [0, 0.05) is 30.3 Å². The lowest BCUT2D eigenvalue weighted by Crippen LogP contribution is -2.30. The summed E-state index contributed by atoms with van der Waals surface area (Å²) in [5.41, 5.74) is 1.29. The SMILES string of the molecule is CCCc1nc(N(C)C(C)CSC)sc1CNCC(C)C. The molecule has 0 bridgehead atoms. The number of anilines is 1. The lowest BCUT2D eigenvalue weighted by atomic mass is 10.2. The Morgan fingerprint density at radius 2 is 2.05 bits per heavy atom. The van der Waals surface area contributed by atoms with E-state index in [1.807, 2.05) is 23.1 Å². The van der Waals surface area contributed by atoms with Crippen molar-refractivity contribution in [3.8, 4) is 0 Å². The fourth-order valence-electron chi connectivity index (χ4n) is 2.11. The number of hydrogen-bond donors (Lipinski definition) is 1. The van der Waals surface area contributed by atoms with Gasteiger partial charge >= 0.3 is 0 Å². The monoisotopic (exact) mass is 329 g/mol. The fourth-order valence-corrected chi connectivity index (χ4v) is 3.95. The second-order valence-electron chi connectivity index (χ2n) is 6.06. The van der Waals surface area contributed by atoms with Crippen molar-refractivity contribution in [1.82, 2.24) is 10.3 Å². The highest BCUT2D eigenvalue weighted by Crippen LogP contribution is 2.28. The highest BCUT2D eigenvalue weighted by molar-refractivity contribution is 7.98. The molecule has 21 heavy (non-hydrogen) atoms. The number of rotatable bonds is 10. The number of hydrogen-bond acceptors (Lipinski definition) is 5. The molecular weight excluding hydrogens is 298 g/mol. The second kappa shape index (κ2) is 9.70. The average molecular weight is 330 g/mol. The van der Waals surface area contributed by atoms with E-state index in [-0.39, 0.29) is 0 Å². The minimum Gasteiger partial charge on any atom is -0.348 e. The molecule has 0 fully saturated rings. The predicted molar refractivity (Wildman–Crippen MR) is 98.9 cm³/mol. The molecule has 122 valence electrons. The van der Waals surface area contributed by atoms with Crippen LogP contribution in [0.3, 0.4) is 0 Å². The van der Waals surface area contributed by atoms with Gasteiger partial charge < -0.3 is 10.2 Å². The highest BCUT2D eigenvalue weighted by Gasteiger charge is 2.17. The van der Waals surface area contributed by atoms with E-state index >= 15 is 0 Å². The summed E-state index contributed by atoms with van der Waals surface area (Å²) in [6.45, 7) is 11.0. The molecule has 0 aliphatic rings. The average Bonchev–Trinajstić information content (AvgIpc) is 2.81. The van der Waals surface area contributed by atoms with Crippen LogP contribution in [0.25, 0.3) is 0 Å². The van der Waals surface area contributed by atoms with Crippen LogP contribution >= 0.6 is 23.1 Å². The van der Waals surface area contributed by atoms with Crippen molar-refractivity contribution in [3.05, 3.63) is 10.6 Å². The van der Waals surface area contributed by atoms with Crippen molar-refractivity contribution in [1.29, 1.82) is 0 Å². The van der Waals surface area contributed by atoms with Crippen LogP contribution in [-0.2, 0) is 13.0 Å². The van der Waals surface area contributed by atoms with E-state index in [0.29, 0.717) is 12.0 Å². The van der Waals surface area contributed by atoms with E-state index in [4.69, 9.17) is 4.98 Å². The van der Waals surface area contributed by atoms with Crippen LogP contribution in [-0.4, -0.2) is 36.6 Å². The van der Waals surface area contributed by atoms with Crippen LogP contribution in [0.1, 0.15) is 44.7 Å². The molecule has 0 aliphatic carbocycles. The molecule has 0 spiro atoms. The molecule has 3 nitrogen and oxygen atoms in total. The molecule has 0 saturated heterocycles. The van der Waals surface area contributed by atoms with Gasteiger partial charge in [0.05, 0.1) is 5.69 Å². The smallest absolute Gasteiger partial charge is 0.185 e. The number of thiazole rings is 1. The molecule has 5 heteroatoms. The molecule has 1 rings (SSSR count). The molecule has 1 atom stereocenters. The molecule has 0 aromatic carbocycles. The topological polar surface area (TPSA) is 28.2 Å². The van der Waals surface area contributed by atoms with Crippen molar-refractivity contribution >= 4 is 28.2 Å². The molecule has 1 aromatic heterocycles. The Labute approximate surface area is 138 Å². The van der Waals surface area contributed by atoms with Crippen molar-refractivity contribution in [2.24, 2.45) is 5.92 Å². The first-order valence-electron chi connectivity index (χ1n) is 7.90. The zero-order chi connectivity index (χ0) is 15.8. The summed E-state index contributed by atoms with van der Waals surface area (Å²) in [4.78, 5) is 8.63. The maximum atomic E-state index is 4.90. The van der Waals surface area contributed by atoms with E-state index in [1.165, 1.54) is 15.7 Å². The first-order valence-corrected chi connectivity index (χ1v) is 10.1. The van der Waals surface area contributed by atoms with Crippen molar-refractivity contribution in [2.45, 2.75) is 53.1 Å². The standard InChI is InChI=1S/C16H31N3S2/c1-7-8-14-15(10-17-9-12(2)3)21-16(18-14)19(5)13(4)11-20-6/h12-13,17H,7-11H2,1-6H3. The van der Waals surface area contributed by atoms with Gasteiger partial charge in [0.25, 0.3) is 0 Å². The van der Waals surface area contributed by atoms with Gasteiger partial charge in [-0.15, -0.1) is 11.3 Å². The van der Waals surface area contributed by atoms with E-state index < -0.39 is 0 Å². The van der Waals surface area contributed by atoms with Gasteiger partial charge in [0.2, 0.25) is 0 Å². The summed E-state index contributed by atoms with van der Waals surface area (Å²) < 4.78 is 0. The lowest BCUT2D eigenvalue weighted by molar-refractivity contribution is 0.553. The van der Waals surface area contributed by atoms with Crippen LogP contribution in [0.15, 0.2) is 0 Å². The molecule has 0 aliphatic heterocycles. The molecule has 0 saturated carbocycles. The van der Waals surface area contributed by atoms with Crippen molar-refractivity contribution in [3.63, 3.8) is 0 Å². The van der Waals surface area contributed by atoms with Crippen molar-refractivity contribution in [2.75, 3.05) is 30.5 Å². The molecule has 1 unspecified atom stereocenters. The molecule has 1 heterocycles.